The third kappa shape index (κ3) is 2.98. The Labute approximate surface area is 108 Å². The summed E-state index contributed by atoms with van der Waals surface area (Å²) in [6.45, 7) is 0.0803. The number of hydrogen-bond acceptors (Lipinski definition) is 4. The Morgan fingerprint density at radius 3 is 2.58 bits per heavy atom. The Hall–Kier alpha value is -2.63. The molecule has 6 nitrogen and oxygen atoms in total. The first-order chi connectivity index (χ1) is 9.08. The Balaban J connectivity index is 2.13. The highest BCUT2D eigenvalue weighted by Crippen LogP contribution is 2.02. The second-order valence-corrected chi connectivity index (χ2v) is 3.95. The minimum Gasteiger partial charge on any atom is -0.456 e. The molecule has 98 valence electrons. The van der Waals surface area contributed by atoms with E-state index < -0.39 is 17.2 Å². The summed E-state index contributed by atoms with van der Waals surface area (Å²) < 4.78 is 5.88. The van der Waals surface area contributed by atoms with Gasteiger partial charge in [-0.3, -0.25) is 9.36 Å². The number of carbonyl (C=O) groups is 1. The molecule has 0 spiro atoms. The summed E-state index contributed by atoms with van der Waals surface area (Å²) >= 11 is 0. The Morgan fingerprint density at radius 2 is 1.95 bits per heavy atom. The second-order valence-electron chi connectivity index (χ2n) is 3.95. The van der Waals surface area contributed by atoms with Gasteiger partial charge in [-0.2, -0.15) is 0 Å². The van der Waals surface area contributed by atoms with E-state index in [4.69, 9.17) is 4.74 Å². The number of rotatable bonds is 3. The van der Waals surface area contributed by atoms with Crippen LogP contribution in [0.4, 0.5) is 0 Å². The normalized spacial score (nSPS) is 10.2. The number of benzene rings is 1. The van der Waals surface area contributed by atoms with Gasteiger partial charge in [-0.1, -0.05) is 30.3 Å². The Kier molecular flexibility index (Phi) is 3.61. The molecule has 0 atom stereocenters. The maximum Gasteiger partial charge on any atom is 0.355 e. The fraction of sp³-hybridized carbons (Fsp3) is 0.154. The summed E-state index contributed by atoms with van der Waals surface area (Å²) in [7, 11) is 1.32. The van der Waals surface area contributed by atoms with Gasteiger partial charge in [0.15, 0.2) is 0 Å². The summed E-state index contributed by atoms with van der Waals surface area (Å²) in [6.07, 6.45) is 0. The lowest BCUT2D eigenvalue weighted by Gasteiger charge is -2.05. The van der Waals surface area contributed by atoms with Gasteiger partial charge < -0.3 is 9.72 Å². The van der Waals surface area contributed by atoms with Gasteiger partial charge in [-0.15, -0.1) is 0 Å². The van der Waals surface area contributed by atoms with Crippen molar-refractivity contribution in [2.45, 2.75) is 6.61 Å². The highest BCUT2D eigenvalue weighted by atomic mass is 16.5. The fourth-order valence-corrected chi connectivity index (χ4v) is 1.47. The van der Waals surface area contributed by atoms with E-state index in [0.29, 0.717) is 0 Å². The molecule has 0 aliphatic heterocycles. The first-order valence-corrected chi connectivity index (χ1v) is 5.59. The lowest BCUT2D eigenvalue weighted by Crippen LogP contribution is -2.34. The maximum absolute atomic E-state index is 11.7. The van der Waals surface area contributed by atoms with Gasteiger partial charge in [-0.05, 0) is 5.56 Å². The van der Waals surface area contributed by atoms with Gasteiger partial charge in [0, 0.05) is 13.1 Å². The van der Waals surface area contributed by atoms with Crippen molar-refractivity contribution in [2.24, 2.45) is 7.05 Å². The van der Waals surface area contributed by atoms with E-state index in [9.17, 15) is 14.4 Å². The van der Waals surface area contributed by atoms with Gasteiger partial charge in [0.2, 0.25) is 0 Å². The van der Waals surface area contributed by atoms with E-state index in [2.05, 4.69) is 4.98 Å². The van der Waals surface area contributed by atoms with Crippen molar-refractivity contribution in [3.63, 3.8) is 0 Å². The molecule has 2 aromatic rings. The lowest BCUT2D eigenvalue weighted by molar-refractivity contribution is 0.0464. The SMILES string of the molecule is Cn1c(=O)cc(C(=O)OCc2ccccc2)[nH]c1=O. The quantitative estimate of drug-likeness (QED) is 0.811. The molecule has 1 N–H and O–H groups in total. The predicted octanol–water partition coefficient (Wildman–Crippen LogP) is 0.431. The van der Waals surface area contributed by atoms with Gasteiger partial charge in [0.25, 0.3) is 5.56 Å². The van der Waals surface area contributed by atoms with Crippen LogP contribution in [0.2, 0.25) is 0 Å². The zero-order chi connectivity index (χ0) is 13.8. The van der Waals surface area contributed by atoms with Crippen LogP contribution in [0.3, 0.4) is 0 Å². The van der Waals surface area contributed by atoms with Crippen LogP contribution in [0, 0.1) is 0 Å². The highest BCUT2D eigenvalue weighted by molar-refractivity contribution is 5.86. The molecule has 1 aromatic carbocycles. The number of nitrogens with one attached hydrogen (secondary N) is 1. The number of aromatic nitrogens is 2. The molecule has 0 aliphatic carbocycles. The second kappa shape index (κ2) is 5.34. The molecule has 6 heteroatoms. The minimum atomic E-state index is -0.737. The first kappa shape index (κ1) is 12.8. The van der Waals surface area contributed by atoms with Crippen LogP contribution in [-0.2, 0) is 18.4 Å². The molecule has 1 aromatic heterocycles. The molecular weight excluding hydrogens is 248 g/mol. The van der Waals surface area contributed by atoms with Crippen molar-refractivity contribution in [2.75, 3.05) is 0 Å². The predicted molar refractivity (Wildman–Crippen MR) is 67.9 cm³/mol. The van der Waals surface area contributed by atoms with Gasteiger partial charge in [0.05, 0.1) is 0 Å². The van der Waals surface area contributed by atoms with Gasteiger partial charge in [-0.25, -0.2) is 9.59 Å². The Bertz CT molecular complexity index is 669. The third-order valence-electron chi connectivity index (χ3n) is 2.58. The monoisotopic (exact) mass is 260 g/mol. The summed E-state index contributed by atoms with van der Waals surface area (Å²) in [4.78, 5) is 36.7. The number of H-pyrrole nitrogens is 1. The third-order valence-corrected chi connectivity index (χ3v) is 2.58. The fourth-order valence-electron chi connectivity index (χ4n) is 1.47. The summed E-state index contributed by atoms with van der Waals surface area (Å²) in [5.41, 5.74) is -0.541. The number of esters is 1. The molecular formula is C13H12N2O4. The Morgan fingerprint density at radius 1 is 1.26 bits per heavy atom. The average Bonchev–Trinajstić information content (AvgIpc) is 2.42. The molecule has 0 amide bonds. The molecule has 0 saturated heterocycles. The largest absolute Gasteiger partial charge is 0.456 e. The van der Waals surface area contributed by atoms with E-state index in [-0.39, 0.29) is 12.3 Å². The summed E-state index contributed by atoms with van der Waals surface area (Å²) in [6, 6.07) is 10.1. The average molecular weight is 260 g/mol. The topological polar surface area (TPSA) is 81.2 Å². The van der Waals surface area contributed by atoms with Crippen molar-refractivity contribution >= 4 is 5.97 Å². The van der Waals surface area contributed by atoms with E-state index in [1.54, 1.807) is 12.1 Å². The molecule has 19 heavy (non-hydrogen) atoms. The first-order valence-electron chi connectivity index (χ1n) is 5.59. The molecule has 1 heterocycles. The van der Waals surface area contributed by atoms with Crippen molar-refractivity contribution in [3.8, 4) is 0 Å². The number of ether oxygens (including phenoxy) is 1. The summed E-state index contributed by atoms with van der Waals surface area (Å²) in [5, 5.41) is 0. The number of carbonyl (C=O) groups excluding carboxylic acids is 1. The molecule has 0 saturated carbocycles. The van der Waals surface area contributed by atoms with E-state index in [1.807, 2.05) is 18.2 Å². The molecule has 2 rings (SSSR count). The highest BCUT2D eigenvalue weighted by Gasteiger charge is 2.11. The van der Waals surface area contributed by atoms with E-state index in [0.717, 1.165) is 16.2 Å². The van der Waals surface area contributed by atoms with Crippen LogP contribution in [0.15, 0.2) is 46.0 Å². The molecule has 0 radical (unpaired) electrons. The van der Waals surface area contributed by atoms with Crippen molar-refractivity contribution in [3.05, 3.63) is 68.5 Å². The zero-order valence-corrected chi connectivity index (χ0v) is 10.3. The molecule has 0 fully saturated rings. The van der Waals surface area contributed by atoms with Crippen LogP contribution < -0.4 is 11.2 Å². The molecule has 0 bridgehead atoms. The van der Waals surface area contributed by atoms with Crippen molar-refractivity contribution in [1.82, 2.24) is 9.55 Å². The maximum atomic E-state index is 11.7. The lowest BCUT2D eigenvalue weighted by atomic mass is 10.2. The van der Waals surface area contributed by atoms with Crippen LogP contribution in [-0.4, -0.2) is 15.5 Å². The van der Waals surface area contributed by atoms with E-state index in [1.165, 1.54) is 7.05 Å². The number of aromatic amines is 1. The number of hydrogen-bond donors (Lipinski definition) is 1. The molecule has 0 aliphatic rings. The van der Waals surface area contributed by atoms with Crippen LogP contribution in [0.1, 0.15) is 16.1 Å². The standard InChI is InChI=1S/C13H12N2O4/c1-15-11(16)7-10(14-13(15)18)12(17)19-8-9-5-3-2-4-6-9/h2-7H,8H2,1H3,(H,14,18). The van der Waals surface area contributed by atoms with Crippen LogP contribution >= 0.6 is 0 Å². The minimum absolute atomic E-state index is 0.0803. The molecule has 0 unspecified atom stereocenters. The summed E-state index contributed by atoms with van der Waals surface area (Å²) in [5.74, 6) is -0.737. The van der Waals surface area contributed by atoms with Gasteiger partial charge >= 0.3 is 11.7 Å². The van der Waals surface area contributed by atoms with Crippen LogP contribution in [0.25, 0.3) is 0 Å². The number of nitrogens with zero attached hydrogens (tertiary/aromatic N) is 1. The van der Waals surface area contributed by atoms with Crippen molar-refractivity contribution < 1.29 is 9.53 Å². The van der Waals surface area contributed by atoms with Gasteiger partial charge in [0.1, 0.15) is 12.3 Å². The van der Waals surface area contributed by atoms with E-state index >= 15 is 0 Å². The van der Waals surface area contributed by atoms with Crippen LogP contribution in [0.5, 0.6) is 0 Å². The van der Waals surface area contributed by atoms with Crippen molar-refractivity contribution in [1.29, 1.82) is 0 Å². The zero-order valence-electron chi connectivity index (χ0n) is 10.3. The smallest absolute Gasteiger partial charge is 0.355 e.